The van der Waals surface area contributed by atoms with E-state index in [1.165, 1.54) is 7.11 Å². The van der Waals surface area contributed by atoms with E-state index in [9.17, 15) is 13.6 Å². The summed E-state index contributed by atoms with van der Waals surface area (Å²) in [5.74, 6) is -2.29. The van der Waals surface area contributed by atoms with Gasteiger partial charge in [0.1, 0.15) is 5.75 Å². The molecule has 0 aliphatic carbocycles. The molecule has 0 fully saturated rings. The van der Waals surface area contributed by atoms with Gasteiger partial charge in [-0.05, 0) is 12.0 Å². The van der Waals surface area contributed by atoms with Gasteiger partial charge in [-0.2, -0.15) is 0 Å². The highest BCUT2D eigenvalue weighted by Gasteiger charge is 2.16. The summed E-state index contributed by atoms with van der Waals surface area (Å²) in [7, 11) is 1.30. The Morgan fingerprint density at radius 3 is 2.47 bits per heavy atom. The van der Waals surface area contributed by atoms with Crippen molar-refractivity contribution >= 4 is 5.91 Å². The molecule has 3 nitrogen and oxygen atoms in total. The van der Waals surface area contributed by atoms with Crippen molar-refractivity contribution in [1.29, 1.82) is 0 Å². The van der Waals surface area contributed by atoms with E-state index in [4.69, 9.17) is 4.74 Å². The topological polar surface area (TPSA) is 38.3 Å². The Morgan fingerprint density at radius 2 is 1.94 bits per heavy atom. The van der Waals surface area contributed by atoms with Gasteiger partial charge in [0.25, 0.3) is 5.91 Å². The number of hydrogen-bond donors (Lipinski definition) is 1. The summed E-state index contributed by atoms with van der Waals surface area (Å²) in [5.41, 5.74) is -0.00736. The molecule has 0 saturated carbocycles. The number of methoxy groups -OCH3 is 1. The first-order valence-electron chi connectivity index (χ1n) is 5.27. The maximum absolute atomic E-state index is 13.0. The highest BCUT2D eigenvalue weighted by molar-refractivity contribution is 5.96. The predicted molar refractivity (Wildman–Crippen MR) is 60.1 cm³/mol. The summed E-state index contributed by atoms with van der Waals surface area (Å²) < 4.78 is 30.8. The number of carbonyl (C=O) groups is 1. The first kappa shape index (κ1) is 13.4. The zero-order valence-electron chi connectivity index (χ0n) is 10.0. The number of nitrogens with one attached hydrogen (secondary N) is 1. The molecule has 1 amide bonds. The third-order valence-electron chi connectivity index (χ3n) is 2.16. The van der Waals surface area contributed by atoms with Gasteiger partial charge in [-0.15, -0.1) is 0 Å². The largest absolute Gasteiger partial charge is 0.496 e. The van der Waals surface area contributed by atoms with Crippen LogP contribution in [-0.2, 0) is 0 Å². The Hall–Kier alpha value is -1.65. The first-order valence-corrected chi connectivity index (χ1v) is 5.27. The van der Waals surface area contributed by atoms with E-state index in [0.717, 1.165) is 12.1 Å². The summed E-state index contributed by atoms with van der Waals surface area (Å²) in [5, 5.41) is 2.61. The van der Waals surface area contributed by atoms with Gasteiger partial charge in [-0.1, -0.05) is 13.8 Å². The van der Waals surface area contributed by atoms with Crippen molar-refractivity contribution in [3.05, 3.63) is 29.3 Å². The highest BCUT2D eigenvalue weighted by Crippen LogP contribution is 2.22. The Balaban J connectivity index is 2.96. The number of carbonyl (C=O) groups excluding carboxylic acids is 1. The fourth-order valence-corrected chi connectivity index (χ4v) is 1.27. The number of ether oxygens (including phenoxy) is 1. The fourth-order valence-electron chi connectivity index (χ4n) is 1.27. The fraction of sp³-hybridized carbons (Fsp3) is 0.417. The van der Waals surface area contributed by atoms with Gasteiger partial charge < -0.3 is 10.1 Å². The summed E-state index contributed by atoms with van der Waals surface area (Å²) in [6.45, 7) is 4.33. The second-order valence-corrected chi connectivity index (χ2v) is 4.07. The Labute approximate surface area is 98.8 Å². The van der Waals surface area contributed by atoms with Crippen molar-refractivity contribution in [2.75, 3.05) is 13.7 Å². The van der Waals surface area contributed by atoms with E-state index in [2.05, 4.69) is 5.32 Å². The number of hydrogen-bond acceptors (Lipinski definition) is 2. The smallest absolute Gasteiger partial charge is 0.255 e. The molecule has 17 heavy (non-hydrogen) atoms. The number of benzene rings is 1. The molecule has 0 atom stereocenters. The number of halogens is 2. The first-order chi connectivity index (χ1) is 7.95. The van der Waals surface area contributed by atoms with E-state index in [1.807, 2.05) is 13.8 Å². The van der Waals surface area contributed by atoms with Gasteiger partial charge in [-0.3, -0.25) is 4.79 Å². The molecule has 0 radical (unpaired) electrons. The van der Waals surface area contributed by atoms with Crippen LogP contribution >= 0.6 is 0 Å². The maximum atomic E-state index is 13.0. The second-order valence-electron chi connectivity index (χ2n) is 4.07. The van der Waals surface area contributed by atoms with Crippen LogP contribution in [0.15, 0.2) is 12.1 Å². The van der Waals surface area contributed by atoms with Crippen LogP contribution in [0.4, 0.5) is 8.78 Å². The third-order valence-corrected chi connectivity index (χ3v) is 2.16. The minimum absolute atomic E-state index is 0.00736. The molecule has 0 aliphatic heterocycles. The van der Waals surface area contributed by atoms with Crippen LogP contribution in [0.5, 0.6) is 5.75 Å². The van der Waals surface area contributed by atoms with Crippen LogP contribution in [0.3, 0.4) is 0 Å². The SMILES string of the molecule is COc1cc(F)c(F)cc1C(=O)NCC(C)C. The Morgan fingerprint density at radius 1 is 1.35 bits per heavy atom. The van der Waals surface area contributed by atoms with Crippen LogP contribution in [0.25, 0.3) is 0 Å². The van der Waals surface area contributed by atoms with Crippen molar-refractivity contribution in [2.45, 2.75) is 13.8 Å². The number of amides is 1. The normalized spacial score (nSPS) is 10.5. The summed E-state index contributed by atoms with van der Waals surface area (Å²) in [4.78, 5) is 11.7. The van der Waals surface area contributed by atoms with Gasteiger partial charge in [0.05, 0.1) is 12.7 Å². The molecular formula is C12H15F2NO2. The van der Waals surface area contributed by atoms with Crippen LogP contribution in [0.1, 0.15) is 24.2 Å². The molecule has 0 aromatic heterocycles. The highest BCUT2D eigenvalue weighted by atomic mass is 19.2. The Bertz CT molecular complexity index is 419. The molecule has 1 aromatic carbocycles. The summed E-state index contributed by atoms with van der Waals surface area (Å²) in [6.07, 6.45) is 0. The van der Waals surface area contributed by atoms with E-state index < -0.39 is 17.5 Å². The zero-order valence-corrected chi connectivity index (χ0v) is 10.0. The molecule has 94 valence electrons. The minimum Gasteiger partial charge on any atom is -0.496 e. The summed E-state index contributed by atoms with van der Waals surface area (Å²) >= 11 is 0. The molecule has 0 aliphatic rings. The second kappa shape index (κ2) is 5.61. The van der Waals surface area contributed by atoms with E-state index in [-0.39, 0.29) is 17.2 Å². The molecule has 0 spiro atoms. The average molecular weight is 243 g/mol. The zero-order chi connectivity index (χ0) is 13.0. The van der Waals surface area contributed by atoms with Crippen molar-refractivity contribution in [3.63, 3.8) is 0 Å². The molecule has 1 rings (SSSR count). The van der Waals surface area contributed by atoms with Crippen LogP contribution < -0.4 is 10.1 Å². The van der Waals surface area contributed by atoms with E-state index in [1.54, 1.807) is 0 Å². The third kappa shape index (κ3) is 3.41. The van der Waals surface area contributed by atoms with Gasteiger partial charge >= 0.3 is 0 Å². The molecule has 0 heterocycles. The van der Waals surface area contributed by atoms with Gasteiger partial charge in [0, 0.05) is 12.6 Å². The predicted octanol–water partition coefficient (Wildman–Crippen LogP) is 2.36. The molecule has 0 unspecified atom stereocenters. The lowest BCUT2D eigenvalue weighted by molar-refractivity contribution is 0.0945. The van der Waals surface area contributed by atoms with Crippen LogP contribution in [0.2, 0.25) is 0 Å². The van der Waals surface area contributed by atoms with Crippen molar-refractivity contribution in [3.8, 4) is 5.75 Å². The average Bonchev–Trinajstić information content (AvgIpc) is 2.28. The van der Waals surface area contributed by atoms with Crippen molar-refractivity contribution < 1.29 is 18.3 Å². The van der Waals surface area contributed by atoms with Crippen LogP contribution in [-0.4, -0.2) is 19.6 Å². The van der Waals surface area contributed by atoms with E-state index >= 15 is 0 Å². The molecule has 0 saturated heterocycles. The summed E-state index contributed by atoms with van der Waals surface area (Å²) in [6, 6.07) is 1.70. The molecule has 1 N–H and O–H groups in total. The quantitative estimate of drug-likeness (QED) is 0.881. The van der Waals surface area contributed by atoms with Gasteiger partial charge in [-0.25, -0.2) is 8.78 Å². The Kier molecular flexibility index (Phi) is 4.43. The standard InChI is InChI=1S/C12H15F2NO2/c1-7(2)6-15-12(16)8-4-9(13)10(14)5-11(8)17-3/h4-5,7H,6H2,1-3H3,(H,15,16). The lowest BCUT2D eigenvalue weighted by Gasteiger charge is -2.11. The van der Waals surface area contributed by atoms with Crippen molar-refractivity contribution in [1.82, 2.24) is 5.32 Å². The molecule has 0 bridgehead atoms. The lowest BCUT2D eigenvalue weighted by atomic mass is 10.1. The maximum Gasteiger partial charge on any atom is 0.255 e. The minimum atomic E-state index is -1.07. The molecular weight excluding hydrogens is 228 g/mol. The molecule has 1 aromatic rings. The number of rotatable bonds is 4. The van der Waals surface area contributed by atoms with E-state index in [0.29, 0.717) is 6.54 Å². The lowest BCUT2D eigenvalue weighted by Crippen LogP contribution is -2.27. The van der Waals surface area contributed by atoms with Gasteiger partial charge in [0.2, 0.25) is 0 Å². The van der Waals surface area contributed by atoms with Crippen molar-refractivity contribution in [2.24, 2.45) is 5.92 Å². The van der Waals surface area contributed by atoms with Crippen LogP contribution in [0, 0.1) is 17.6 Å². The molecule has 5 heteroatoms. The van der Waals surface area contributed by atoms with Gasteiger partial charge in [0.15, 0.2) is 11.6 Å². The monoisotopic (exact) mass is 243 g/mol.